The molecular formula is C14H16Cl3NO5S. The maximum absolute atomic E-state index is 11.9. The average Bonchev–Trinajstić information content (AvgIpc) is 2.54. The number of hydrogen-bond acceptors (Lipinski definition) is 6. The molecule has 10 heteroatoms. The van der Waals surface area contributed by atoms with Crippen molar-refractivity contribution in [2.45, 2.75) is 38.5 Å². The summed E-state index contributed by atoms with van der Waals surface area (Å²) in [5.41, 5.74) is -0.806. The Labute approximate surface area is 158 Å². The first-order chi connectivity index (χ1) is 11.2. The molecule has 1 aliphatic heterocycles. The fourth-order valence-corrected chi connectivity index (χ4v) is 3.52. The highest BCUT2D eigenvalue weighted by molar-refractivity contribution is 7.99. The zero-order chi connectivity index (χ0) is 17.9. The summed E-state index contributed by atoms with van der Waals surface area (Å²) in [5.74, 6) is -0.950. The van der Waals surface area contributed by atoms with Gasteiger partial charge in [0.1, 0.15) is 23.7 Å². The van der Waals surface area contributed by atoms with Crippen LogP contribution in [-0.2, 0) is 9.53 Å². The summed E-state index contributed by atoms with van der Waals surface area (Å²) in [6, 6.07) is 8.05. The second-order valence-corrected chi connectivity index (χ2v) is 8.59. The van der Waals surface area contributed by atoms with Gasteiger partial charge in [0.25, 0.3) is 9.70 Å². The number of halogens is 3. The number of nitrogens with one attached hydrogen (secondary N) is 1. The van der Waals surface area contributed by atoms with Crippen LogP contribution in [-0.4, -0.2) is 61.4 Å². The first kappa shape index (κ1) is 20.1. The molecule has 1 aliphatic rings. The van der Waals surface area contributed by atoms with Crippen molar-refractivity contribution < 1.29 is 24.9 Å². The van der Waals surface area contributed by atoms with Gasteiger partial charge in [-0.3, -0.25) is 4.79 Å². The van der Waals surface area contributed by atoms with Gasteiger partial charge in [-0.15, -0.1) is 0 Å². The van der Waals surface area contributed by atoms with Crippen molar-refractivity contribution in [3.8, 4) is 0 Å². The molecule has 5 atom stereocenters. The van der Waals surface area contributed by atoms with E-state index in [9.17, 15) is 20.1 Å². The molecule has 134 valence electrons. The van der Waals surface area contributed by atoms with Crippen LogP contribution in [0.25, 0.3) is 0 Å². The van der Waals surface area contributed by atoms with Gasteiger partial charge in [-0.25, -0.2) is 0 Å². The van der Waals surface area contributed by atoms with E-state index in [0.29, 0.717) is 0 Å². The highest BCUT2D eigenvalue weighted by atomic mass is 35.6. The zero-order valence-corrected chi connectivity index (χ0v) is 15.3. The van der Waals surface area contributed by atoms with Crippen molar-refractivity contribution in [1.29, 1.82) is 0 Å². The van der Waals surface area contributed by atoms with Crippen LogP contribution in [0.5, 0.6) is 0 Å². The van der Waals surface area contributed by atoms with Gasteiger partial charge < -0.3 is 25.4 Å². The molecule has 1 amide bonds. The Kier molecular flexibility index (Phi) is 7.04. The third kappa shape index (κ3) is 4.89. The van der Waals surface area contributed by atoms with Gasteiger partial charge in [-0.1, -0.05) is 64.8 Å². The molecule has 0 radical (unpaired) electrons. The van der Waals surface area contributed by atoms with E-state index in [-0.39, 0.29) is 0 Å². The Morgan fingerprint density at radius 1 is 1.21 bits per heavy atom. The Bertz CT molecular complexity index is 559. The minimum absolute atomic E-state index is 0.491. The molecule has 0 spiro atoms. The second-order valence-electron chi connectivity index (χ2n) is 5.13. The number of hydrogen-bond donors (Lipinski definition) is 4. The van der Waals surface area contributed by atoms with Crippen LogP contribution in [0.4, 0.5) is 0 Å². The number of thioether (sulfide) groups is 1. The van der Waals surface area contributed by atoms with Gasteiger partial charge >= 0.3 is 0 Å². The molecule has 0 aliphatic carbocycles. The van der Waals surface area contributed by atoms with E-state index < -0.39 is 46.1 Å². The Balaban J connectivity index is 2.22. The smallest absolute Gasteiger partial charge is 0.272 e. The monoisotopic (exact) mass is 415 g/mol. The first-order valence-electron chi connectivity index (χ1n) is 6.96. The van der Waals surface area contributed by atoms with E-state index >= 15 is 0 Å². The molecule has 4 N–H and O–H groups in total. The third-order valence-corrected chi connectivity index (χ3v) is 5.13. The Morgan fingerprint density at radius 3 is 2.38 bits per heavy atom. The van der Waals surface area contributed by atoms with Crippen molar-refractivity contribution in [2.75, 3.05) is 6.61 Å². The molecule has 6 nitrogen and oxygen atoms in total. The molecule has 0 bridgehead atoms. The lowest BCUT2D eigenvalue weighted by molar-refractivity contribution is -0.173. The van der Waals surface area contributed by atoms with E-state index in [1.165, 1.54) is 11.8 Å². The molecule has 1 aromatic rings. The normalized spacial score (nSPS) is 30.8. The maximum atomic E-state index is 11.9. The SMILES string of the molecule is O=C(N[C@@H]1[C@@H](O)[C@H](O)[C@@H](CO)O[C@H]1Sc1ccccc1)C(Cl)(Cl)Cl. The predicted molar refractivity (Wildman–Crippen MR) is 92.3 cm³/mol. The number of ether oxygens (including phenoxy) is 1. The van der Waals surface area contributed by atoms with Gasteiger partial charge in [-0.05, 0) is 12.1 Å². The van der Waals surface area contributed by atoms with Crippen molar-refractivity contribution in [3.63, 3.8) is 0 Å². The molecule has 0 unspecified atom stereocenters. The number of carbonyl (C=O) groups is 1. The molecule has 1 fully saturated rings. The number of aliphatic hydroxyl groups is 3. The summed E-state index contributed by atoms with van der Waals surface area (Å²) in [7, 11) is 0. The highest BCUT2D eigenvalue weighted by Gasteiger charge is 2.47. The third-order valence-electron chi connectivity index (χ3n) is 3.43. The maximum Gasteiger partial charge on any atom is 0.272 e. The second kappa shape index (κ2) is 8.42. The zero-order valence-electron chi connectivity index (χ0n) is 12.2. The van der Waals surface area contributed by atoms with Crippen molar-refractivity contribution in [3.05, 3.63) is 30.3 Å². The van der Waals surface area contributed by atoms with Crippen LogP contribution >= 0.6 is 46.6 Å². The minimum atomic E-state index is -2.22. The number of carbonyl (C=O) groups excluding carboxylic acids is 1. The van der Waals surface area contributed by atoms with Crippen molar-refractivity contribution in [1.82, 2.24) is 5.32 Å². The standard InChI is InChI=1S/C14H16Cl3NO5S/c15-14(16,17)13(22)18-9-11(21)10(20)8(6-19)23-12(9)24-7-4-2-1-3-5-7/h1-5,8-12,19-21H,6H2,(H,18,22)/t8-,9-,10-,11-,12+/m1/s1. The number of amides is 1. The number of rotatable bonds is 4. The summed E-state index contributed by atoms with van der Waals surface area (Å²) in [6.07, 6.45) is -3.81. The van der Waals surface area contributed by atoms with Crippen molar-refractivity contribution in [2.24, 2.45) is 0 Å². The highest BCUT2D eigenvalue weighted by Crippen LogP contribution is 2.34. The van der Waals surface area contributed by atoms with E-state index in [2.05, 4.69) is 5.32 Å². The topological polar surface area (TPSA) is 99.0 Å². The Morgan fingerprint density at radius 2 is 1.83 bits per heavy atom. The van der Waals surface area contributed by atoms with Crippen LogP contribution in [0, 0.1) is 0 Å². The van der Waals surface area contributed by atoms with Gasteiger partial charge in [0.05, 0.1) is 12.6 Å². The minimum Gasteiger partial charge on any atom is -0.394 e. The molecule has 0 aromatic heterocycles. The van der Waals surface area contributed by atoms with Gasteiger partial charge in [-0.2, -0.15) is 0 Å². The lowest BCUT2D eigenvalue weighted by Gasteiger charge is -2.42. The summed E-state index contributed by atoms with van der Waals surface area (Å²) >= 11 is 17.8. The summed E-state index contributed by atoms with van der Waals surface area (Å²) < 4.78 is 3.39. The van der Waals surface area contributed by atoms with E-state index in [1.54, 1.807) is 0 Å². The van der Waals surface area contributed by atoms with E-state index in [1.807, 2.05) is 30.3 Å². The lowest BCUT2D eigenvalue weighted by atomic mass is 9.98. The molecule has 1 heterocycles. The largest absolute Gasteiger partial charge is 0.394 e. The van der Waals surface area contributed by atoms with E-state index in [0.717, 1.165) is 4.90 Å². The summed E-state index contributed by atoms with van der Waals surface area (Å²) in [4.78, 5) is 12.7. The number of alkyl halides is 3. The fraction of sp³-hybridized carbons (Fsp3) is 0.500. The van der Waals surface area contributed by atoms with Crippen LogP contribution in [0.2, 0.25) is 0 Å². The summed E-state index contributed by atoms with van der Waals surface area (Å²) in [6.45, 7) is -0.491. The van der Waals surface area contributed by atoms with Crippen molar-refractivity contribution >= 4 is 52.5 Å². The first-order valence-corrected chi connectivity index (χ1v) is 8.97. The summed E-state index contributed by atoms with van der Waals surface area (Å²) in [5, 5.41) is 32.0. The molecule has 2 rings (SSSR count). The number of benzene rings is 1. The number of aliphatic hydroxyl groups excluding tert-OH is 3. The van der Waals surface area contributed by atoms with Gasteiger partial charge in [0, 0.05) is 4.90 Å². The van der Waals surface area contributed by atoms with Crippen LogP contribution in [0.1, 0.15) is 0 Å². The quantitative estimate of drug-likeness (QED) is 0.548. The Hall–Kier alpha value is -0.250. The molecule has 0 saturated carbocycles. The van der Waals surface area contributed by atoms with Crippen LogP contribution < -0.4 is 5.32 Å². The van der Waals surface area contributed by atoms with Gasteiger partial charge in [0.2, 0.25) is 0 Å². The molecular weight excluding hydrogens is 401 g/mol. The van der Waals surface area contributed by atoms with Crippen LogP contribution in [0.15, 0.2) is 35.2 Å². The average molecular weight is 417 g/mol. The van der Waals surface area contributed by atoms with Crippen LogP contribution in [0.3, 0.4) is 0 Å². The predicted octanol–water partition coefficient (Wildman–Crippen LogP) is 1.07. The van der Waals surface area contributed by atoms with Gasteiger partial charge in [0.15, 0.2) is 0 Å². The fourth-order valence-electron chi connectivity index (χ4n) is 2.20. The van der Waals surface area contributed by atoms with E-state index in [4.69, 9.17) is 39.5 Å². The molecule has 1 aromatic carbocycles. The molecule has 1 saturated heterocycles. The lowest BCUT2D eigenvalue weighted by Crippen LogP contribution is -2.64. The molecule has 24 heavy (non-hydrogen) atoms.